The van der Waals surface area contributed by atoms with Crippen molar-refractivity contribution in [3.63, 3.8) is 0 Å². The number of hydrogen-bond donors (Lipinski definition) is 0. The third-order valence-electron chi connectivity index (χ3n) is 3.70. The van der Waals surface area contributed by atoms with Crippen LogP contribution in [-0.2, 0) is 10.8 Å². The molecular formula is C15H20O2S. The second kappa shape index (κ2) is 6.28. The van der Waals surface area contributed by atoms with Crippen molar-refractivity contribution in [1.29, 1.82) is 0 Å². The minimum Gasteiger partial charge on any atom is -0.293 e. The summed E-state index contributed by atoms with van der Waals surface area (Å²) in [6, 6.07) is 9.17. The van der Waals surface area contributed by atoms with Gasteiger partial charge in [-0.05, 0) is 25.7 Å². The molecule has 1 aliphatic carbocycles. The Morgan fingerprint density at radius 1 is 1.28 bits per heavy atom. The van der Waals surface area contributed by atoms with E-state index in [1.54, 1.807) is 19.1 Å². The summed E-state index contributed by atoms with van der Waals surface area (Å²) in [5.41, 5.74) is 0.671. The molecule has 0 heterocycles. The Morgan fingerprint density at radius 2 is 1.89 bits per heavy atom. The summed E-state index contributed by atoms with van der Waals surface area (Å²) in [7, 11) is -1.03. The van der Waals surface area contributed by atoms with Crippen molar-refractivity contribution in [2.24, 2.45) is 5.92 Å². The molecule has 3 heteroatoms. The predicted molar refractivity (Wildman–Crippen MR) is 75.2 cm³/mol. The maximum Gasteiger partial charge on any atom is 0.178 e. The summed E-state index contributed by atoms with van der Waals surface area (Å²) in [6.07, 6.45) is 4.86. The van der Waals surface area contributed by atoms with Crippen molar-refractivity contribution in [1.82, 2.24) is 0 Å². The van der Waals surface area contributed by atoms with Crippen LogP contribution >= 0.6 is 0 Å². The number of rotatable bonds is 5. The second-order valence-electron chi connectivity index (χ2n) is 5.07. The predicted octanol–water partition coefficient (Wildman–Crippen LogP) is 3.20. The highest BCUT2D eigenvalue weighted by Crippen LogP contribution is 2.26. The number of ketones is 1. The highest BCUT2D eigenvalue weighted by atomic mass is 32.2. The fourth-order valence-electron chi connectivity index (χ4n) is 2.51. The summed E-state index contributed by atoms with van der Waals surface area (Å²) >= 11 is 0. The Labute approximate surface area is 111 Å². The van der Waals surface area contributed by atoms with E-state index in [1.165, 1.54) is 25.7 Å². The molecule has 1 aromatic carbocycles. The molecule has 0 bridgehead atoms. The van der Waals surface area contributed by atoms with Crippen molar-refractivity contribution in [2.45, 2.75) is 37.9 Å². The number of carbonyl (C=O) groups is 1. The highest BCUT2D eigenvalue weighted by molar-refractivity contribution is 7.86. The molecule has 0 spiro atoms. The standard InChI is InChI=1S/C15H20O2S/c1-12(15(16)14-9-3-2-4-10-14)18(17)11-13-7-5-6-8-13/h2-4,9-10,12-13H,5-8,11H2,1H3. The van der Waals surface area contributed by atoms with E-state index in [4.69, 9.17) is 0 Å². The molecule has 0 amide bonds. The molecule has 18 heavy (non-hydrogen) atoms. The quantitative estimate of drug-likeness (QED) is 0.765. The summed E-state index contributed by atoms with van der Waals surface area (Å²) in [6.45, 7) is 1.79. The molecule has 1 aromatic rings. The minimum absolute atomic E-state index is 0.00642. The van der Waals surface area contributed by atoms with Gasteiger partial charge in [-0.15, -0.1) is 0 Å². The molecule has 0 aromatic heterocycles. The SMILES string of the molecule is CC(C(=O)c1ccccc1)S(=O)CC1CCCC1. The van der Waals surface area contributed by atoms with E-state index in [0.29, 0.717) is 17.2 Å². The van der Waals surface area contributed by atoms with Crippen LogP contribution < -0.4 is 0 Å². The van der Waals surface area contributed by atoms with Gasteiger partial charge in [0.2, 0.25) is 0 Å². The molecule has 0 aliphatic heterocycles. The lowest BCUT2D eigenvalue weighted by molar-refractivity contribution is 0.0992. The third kappa shape index (κ3) is 3.29. The van der Waals surface area contributed by atoms with Crippen LogP contribution in [0, 0.1) is 5.92 Å². The van der Waals surface area contributed by atoms with E-state index in [9.17, 15) is 9.00 Å². The van der Waals surface area contributed by atoms with Gasteiger partial charge in [-0.1, -0.05) is 43.2 Å². The zero-order valence-corrected chi connectivity index (χ0v) is 11.6. The smallest absolute Gasteiger partial charge is 0.178 e. The van der Waals surface area contributed by atoms with Gasteiger partial charge in [-0.2, -0.15) is 0 Å². The molecular weight excluding hydrogens is 244 g/mol. The van der Waals surface area contributed by atoms with E-state index >= 15 is 0 Å². The van der Waals surface area contributed by atoms with Gasteiger partial charge in [0.05, 0.1) is 5.25 Å². The van der Waals surface area contributed by atoms with Gasteiger partial charge in [0, 0.05) is 22.1 Å². The molecule has 2 atom stereocenters. The van der Waals surface area contributed by atoms with Gasteiger partial charge >= 0.3 is 0 Å². The van der Waals surface area contributed by atoms with Crippen LogP contribution in [0.1, 0.15) is 43.0 Å². The van der Waals surface area contributed by atoms with Gasteiger partial charge in [0.25, 0.3) is 0 Å². The number of Topliss-reactive ketones (excluding diaryl/α,β-unsaturated/α-hetero) is 1. The maximum absolute atomic E-state index is 12.2. The molecule has 0 N–H and O–H groups in total. The molecule has 2 nitrogen and oxygen atoms in total. The Kier molecular flexibility index (Phi) is 4.70. The van der Waals surface area contributed by atoms with Crippen LogP contribution in [0.15, 0.2) is 30.3 Å². The van der Waals surface area contributed by atoms with Gasteiger partial charge in [0.15, 0.2) is 5.78 Å². The molecule has 2 rings (SSSR count). The van der Waals surface area contributed by atoms with Gasteiger partial charge < -0.3 is 0 Å². The van der Waals surface area contributed by atoms with Crippen LogP contribution in [-0.4, -0.2) is 21.0 Å². The van der Waals surface area contributed by atoms with E-state index in [0.717, 1.165) is 0 Å². The molecule has 1 saturated carbocycles. The molecule has 1 aliphatic rings. The zero-order chi connectivity index (χ0) is 13.0. The fraction of sp³-hybridized carbons (Fsp3) is 0.533. The Morgan fingerprint density at radius 3 is 2.50 bits per heavy atom. The Hall–Kier alpha value is -0.960. The first-order valence-corrected chi connectivity index (χ1v) is 8.03. The van der Waals surface area contributed by atoms with E-state index < -0.39 is 10.8 Å². The topological polar surface area (TPSA) is 34.1 Å². The van der Waals surface area contributed by atoms with Crippen molar-refractivity contribution in [2.75, 3.05) is 5.75 Å². The van der Waals surface area contributed by atoms with Gasteiger partial charge in [-0.25, -0.2) is 0 Å². The first kappa shape index (κ1) is 13.5. The molecule has 2 unspecified atom stereocenters. The third-order valence-corrected chi connectivity index (χ3v) is 5.50. The van der Waals surface area contributed by atoms with Crippen molar-refractivity contribution in [3.8, 4) is 0 Å². The van der Waals surface area contributed by atoms with Gasteiger partial charge in [-0.3, -0.25) is 9.00 Å². The van der Waals surface area contributed by atoms with Crippen molar-refractivity contribution < 1.29 is 9.00 Å². The Balaban J connectivity index is 1.95. The summed E-state index contributed by atoms with van der Waals surface area (Å²) in [5.74, 6) is 1.27. The molecule has 0 saturated heterocycles. The zero-order valence-electron chi connectivity index (χ0n) is 10.8. The van der Waals surface area contributed by atoms with Crippen LogP contribution in [0.25, 0.3) is 0 Å². The summed E-state index contributed by atoms with van der Waals surface area (Å²) in [4.78, 5) is 12.2. The second-order valence-corrected chi connectivity index (χ2v) is 6.87. The van der Waals surface area contributed by atoms with Crippen LogP contribution in [0.4, 0.5) is 0 Å². The monoisotopic (exact) mass is 264 g/mol. The normalized spacial score (nSPS) is 19.6. The molecule has 98 valence electrons. The van der Waals surface area contributed by atoms with Crippen LogP contribution in [0.5, 0.6) is 0 Å². The lowest BCUT2D eigenvalue weighted by atomic mass is 10.1. The van der Waals surface area contributed by atoms with Crippen LogP contribution in [0.2, 0.25) is 0 Å². The summed E-state index contributed by atoms with van der Waals surface area (Å²) in [5, 5.41) is -0.381. The molecule has 1 fully saturated rings. The fourth-order valence-corrected chi connectivity index (χ4v) is 3.97. The lowest BCUT2D eigenvalue weighted by Crippen LogP contribution is -2.26. The van der Waals surface area contributed by atoms with Crippen molar-refractivity contribution in [3.05, 3.63) is 35.9 Å². The largest absolute Gasteiger partial charge is 0.293 e. The summed E-state index contributed by atoms with van der Waals surface area (Å²) < 4.78 is 12.2. The number of carbonyl (C=O) groups excluding carboxylic acids is 1. The van der Waals surface area contributed by atoms with E-state index in [2.05, 4.69) is 0 Å². The van der Waals surface area contributed by atoms with E-state index in [-0.39, 0.29) is 11.0 Å². The van der Waals surface area contributed by atoms with Gasteiger partial charge in [0.1, 0.15) is 0 Å². The first-order chi connectivity index (χ1) is 8.68. The van der Waals surface area contributed by atoms with E-state index in [1.807, 2.05) is 18.2 Å². The average molecular weight is 264 g/mol. The van der Waals surface area contributed by atoms with Crippen molar-refractivity contribution >= 4 is 16.6 Å². The number of hydrogen-bond acceptors (Lipinski definition) is 2. The average Bonchev–Trinajstić information content (AvgIpc) is 2.91. The van der Waals surface area contributed by atoms with Crippen LogP contribution in [0.3, 0.4) is 0 Å². The lowest BCUT2D eigenvalue weighted by Gasteiger charge is -2.14. The maximum atomic E-state index is 12.2. The number of benzene rings is 1. The Bertz CT molecular complexity index is 421. The minimum atomic E-state index is -1.03. The first-order valence-electron chi connectivity index (χ1n) is 6.65. The molecule has 0 radical (unpaired) electrons. The highest BCUT2D eigenvalue weighted by Gasteiger charge is 2.25.